The van der Waals surface area contributed by atoms with Crippen LogP contribution in [0, 0.1) is 0 Å². The number of halogens is 1. The fourth-order valence-electron chi connectivity index (χ4n) is 1.85. The number of ether oxygens (including phenoxy) is 1. The maximum Gasteiger partial charge on any atom is 0.342 e. The monoisotopic (exact) mass is 312 g/mol. The number of carbonyl (C=O) groups excluding carboxylic acids is 3. The van der Waals surface area contributed by atoms with E-state index in [9.17, 15) is 19.5 Å². The van der Waals surface area contributed by atoms with Gasteiger partial charge in [-0.1, -0.05) is 11.6 Å². The van der Waals surface area contributed by atoms with Crippen LogP contribution in [-0.4, -0.2) is 47.1 Å². The average Bonchev–Trinajstić information content (AvgIpc) is 2.86. The van der Waals surface area contributed by atoms with Gasteiger partial charge in [0, 0.05) is 18.1 Å². The summed E-state index contributed by atoms with van der Waals surface area (Å²) >= 11 is 5.74. The fourth-order valence-corrected chi connectivity index (χ4v) is 2.02. The van der Waals surface area contributed by atoms with Crippen molar-refractivity contribution in [2.75, 3.05) is 13.1 Å². The van der Waals surface area contributed by atoms with Crippen LogP contribution < -0.4 is 5.32 Å². The first-order valence-electron chi connectivity index (χ1n) is 6.19. The molecule has 1 aromatic carbocycles. The molecule has 1 aromatic rings. The lowest BCUT2D eigenvalue weighted by atomic mass is 10.2. The van der Waals surface area contributed by atoms with E-state index in [0.717, 1.165) is 4.90 Å². The standard InChI is InChI=1S/C13H13ClN2O5/c1-7(11(18)16-5-4-15-13(16)20)21-12(19)9-6-8(14)2-3-10(9)17/h2-3,6-7,17H,4-5H2,1H3,(H,15,20)/t7-/m1/s1. The molecule has 3 amide bonds. The number of hydrogen-bond donors (Lipinski definition) is 2. The number of aromatic hydroxyl groups is 1. The third kappa shape index (κ3) is 3.25. The summed E-state index contributed by atoms with van der Waals surface area (Å²) in [6, 6.07) is 3.38. The zero-order chi connectivity index (χ0) is 15.6. The number of esters is 1. The number of nitrogens with zero attached hydrogens (tertiary/aromatic N) is 1. The van der Waals surface area contributed by atoms with Gasteiger partial charge in [-0.3, -0.25) is 9.69 Å². The van der Waals surface area contributed by atoms with Crippen molar-refractivity contribution in [1.82, 2.24) is 10.2 Å². The maximum atomic E-state index is 12.0. The van der Waals surface area contributed by atoms with Crippen LogP contribution in [0.1, 0.15) is 17.3 Å². The molecule has 112 valence electrons. The number of imide groups is 1. The van der Waals surface area contributed by atoms with Crippen LogP contribution in [-0.2, 0) is 9.53 Å². The van der Waals surface area contributed by atoms with Gasteiger partial charge in [-0.25, -0.2) is 9.59 Å². The number of phenols is 1. The first kappa shape index (κ1) is 15.1. The van der Waals surface area contributed by atoms with Crippen molar-refractivity contribution in [3.8, 4) is 5.75 Å². The Morgan fingerprint density at radius 1 is 1.48 bits per heavy atom. The molecular weight excluding hydrogens is 300 g/mol. The number of rotatable bonds is 3. The molecule has 2 rings (SSSR count). The first-order chi connectivity index (χ1) is 9.90. The van der Waals surface area contributed by atoms with Crippen LogP contribution in [0.3, 0.4) is 0 Å². The van der Waals surface area contributed by atoms with Gasteiger partial charge in [0.25, 0.3) is 5.91 Å². The molecule has 0 spiro atoms. The summed E-state index contributed by atoms with van der Waals surface area (Å²) in [5, 5.41) is 12.3. The van der Waals surface area contributed by atoms with Gasteiger partial charge < -0.3 is 15.2 Å². The summed E-state index contributed by atoms with van der Waals surface area (Å²) in [7, 11) is 0. The first-order valence-corrected chi connectivity index (χ1v) is 6.56. The van der Waals surface area contributed by atoms with Gasteiger partial charge in [0.05, 0.1) is 0 Å². The normalized spacial score (nSPS) is 15.5. The lowest BCUT2D eigenvalue weighted by Crippen LogP contribution is -2.41. The second-order valence-corrected chi connectivity index (χ2v) is 4.87. The van der Waals surface area contributed by atoms with Gasteiger partial charge >= 0.3 is 12.0 Å². The Balaban J connectivity index is 2.06. The summed E-state index contributed by atoms with van der Waals surface area (Å²) < 4.78 is 4.97. The number of phenolic OH excluding ortho intramolecular Hbond substituents is 1. The maximum absolute atomic E-state index is 12.0. The van der Waals surface area contributed by atoms with Crippen molar-refractivity contribution >= 4 is 29.5 Å². The number of hydrogen-bond acceptors (Lipinski definition) is 5. The van der Waals surface area contributed by atoms with Gasteiger partial charge in [0.2, 0.25) is 0 Å². The van der Waals surface area contributed by atoms with Gasteiger partial charge in [-0.15, -0.1) is 0 Å². The minimum atomic E-state index is -1.15. The van der Waals surface area contributed by atoms with E-state index in [1.807, 2.05) is 0 Å². The van der Waals surface area contributed by atoms with Gasteiger partial charge in [-0.05, 0) is 25.1 Å². The molecule has 7 nitrogen and oxygen atoms in total. The molecule has 21 heavy (non-hydrogen) atoms. The quantitative estimate of drug-likeness (QED) is 0.816. The summed E-state index contributed by atoms with van der Waals surface area (Å²) in [5.41, 5.74) is -0.145. The van der Waals surface area contributed by atoms with Crippen LogP contribution in [0.5, 0.6) is 5.75 Å². The highest BCUT2D eigenvalue weighted by molar-refractivity contribution is 6.31. The Hall–Kier alpha value is -2.28. The van der Waals surface area contributed by atoms with Crippen molar-refractivity contribution in [3.63, 3.8) is 0 Å². The Morgan fingerprint density at radius 3 is 2.81 bits per heavy atom. The largest absolute Gasteiger partial charge is 0.507 e. The molecular formula is C13H13ClN2O5. The summed E-state index contributed by atoms with van der Waals surface area (Å²) in [6.07, 6.45) is -1.15. The highest BCUT2D eigenvalue weighted by Crippen LogP contribution is 2.22. The summed E-state index contributed by atoms with van der Waals surface area (Å²) in [6.45, 7) is 1.94. The Morgan fingerprint density at radius 2 is 2.19 bits per heavy atom. The number of nitrogens with one attached hydrogen (secondary N) is 1. The zero-order valence-corrected chi connectivity index (χ0v) is 11.9. The van der Waals surface area contributed by atoms with Crippen LogP contribution in [0.4, 0.5) is 4.79 Å². The molecule has 0 radical (unpaired) electrons. The van der Waals surface area contributed by atoms with Crippen molar-refractivity contribution in [1.29, 1.82) is 0 Å². The molecule has 8 heteroatoms. The molecule has 0 aliphatic carbocycles. The van der Waals surface area contributed by atoms with Crippen molar-refractivity contribution in [2.24, 2.45) is 0 Å². The number of urea groups is 1. The fraction of sp³-hybridized carbons (Fsp3) is 0.308. The predicted octanol–water partition coefficient (Wildman–Crippen LogP) is 1.14. The van der Waals surface area contributed by atoms with E-state index in [1.54, 1.807) is 0 Å². The molecule has 1 fully saturated rings. The van der Waals surface area contributed by atoms with Crippen LogP contribution in [0.15, 0.2) is 18.2 Å². The molecule has 2 N–H and O–H groups in total. The lowest BCUT2D eigenvalue weighted by Gasteiger charge is -2.18. The van der Waals surface area contributed by atoms with E-state index in [4.69, 9.17) is 16.3 Å². The van der Waals surface area contributed by atoms with Gasteiger partial charge in [0.15, 0.2) is 6.10 Å². The Bertz CT molecular complexity index is 604. The molecule has 1 aliphatic heterocycles. The van der Waals surface area contributed by atoms with E-state index in [2.05, 4.69) is 5.32 Å². The molecule has 1 saturated heterocycles. The van der Waals surface area contributed by atoms with Gasteiger partial charge in [-0.2, -0.15) is 0 Å². The highest BCUT2D eigenvalue weighted by atomic mass is 35.5. The molecule has 1 aliphatic rings. The Kier molecular flexibility index (Phi) is 4.32. The summed E-state index contributed by atoms with van der Waals surface area (Å²) in [4.78, 5) is 36.2. The third-order valence-electron chi connectivity index (χ3n) is 2.93. The van der Waals surface area contributed by atoms with Crippen LogP contribution >= 0.6 is 11.6 Å². The topological polar surface area (TPSA) is 95.9 Å². The van der Waals surface area contributed by atoms with E-state index >= 15 is 0 Å². The lowest BCUT2D eigenvalue weighted by molar-refractivity contribution is -0.136. The van der Waals surface area contributed by atoms with Crippen molar-refractivity contribution in [2.45, 2.75) is 13.0 Å². The highest BCUT2D eigenvalue weighted by Gasteiger charge is 2.32. The number of amides is 3. The third-order valence-corrected chi connectivity index (χ3v) is 3.17. The van der Waals surface area contributed by atoms with Crippen LogP contribution in [0.2, 0.25) is 5.02 Å². The van der Waals surface area contributed by atoms with E-state index in [-0.39, 0.29) is 22.9 Å². The van der Waals surface area contributed by atoms with E-state index in [0.29, 0.717) is 6.54 Å². The molecule has 0 aromatic heterocycles. The number of carbonyl (C=O) groups is 3. The van der Waals surface area contributed by atoms with E-state index in [1.165, 1.54) is 25.1 Å². The van der Waals surface area contributed by atoms with E-state index < -0.39 is 24.0 Å². The zero-order valence-electron chi connectivity index (χ0n) is 11.1. The molecule has 1 heterocycles. The second kappa shape index (κ2) is 6.01. The van der Waals surface area contributed by atoms with Crippen molar-refractivity contribution < 1.29 is 24.2 Å². The molecule has 1 atom stereocenters. The summed E-state index contributed by atoms with van der Waals surface area (Å²) in [5.74, 6) is -1.82. The molecule has 0 bridgehead atoms. The SMILES string of the molecule is C[C@@H](OC(=O)c1cc(Cl)ccc1O)C(=O)N1CCNC1=O. The smallest absolute Gasteiger partial charge is 0.342 e. The molecule has 0 saturated carbocycles. The van der Waals surface area contributed by atoms with Gasteiger partial charge in [0.1, 0.15) is 11.3 Å². The number of benzene rings is 1. The average molecular weight is 313 g/mol. The predicted molar refractivity (Wildman–Crippen MR) is 73.1 cm³/mol. The second-order valence-electron chi connectivity index (χ2n) is 4.43. The van der Waals surface area contributed by atoms with Crippen molar-refractivity contribution in [3.05, 3.63) is 28.8 Å². The minimum Gasteiger partial charge on any atom is -0.507 e. The van der Waals surface area contributed by atoms with Crippen LogP contribution in [0.25, 0.3) is 0 Å². The Labute approximate surface area is 125 Å². The molecule has 0 unspecified atom stereocenters. The minimum absolute atomic E-state index is 0.145.